The van der Waals surface area contributed by atoms with Crippen LogP contribution in [0.2, 0.25) is 0 Å². The molecule has 1 amide bonds. The van der Waals surface area contributed by atoms with Gasteiger partial charge in [-0.1, -0.05) is 6.07 Å². The van der Waals surface area contributed by atoms with Crippen LogP contribution in [0.15, 0.2) is 23.0 Å². The summed E-state index contributed by atoms with van der Waals surface area (Å²) in [6, 6.07) is 6.21. The molecule has 0 atom stereocenters. The van der Waals surface area contributed by atoms with Gasteiger partial charge in [0.05, 0.1) is 6.07 Å². The number of pyridine rings is 1. The van der Waals surface area contributed by atoms with Crippen LogP contribution in [0.1, 0.15) is 24.3 Å². The number of aromatic nitrogens is 1. The summed E-state index contributed by atoms with van der Waals surface area (Å²) in [5, 5.41) is 8.62. The summed E-state index contributed by atoms with van der Waals surface area (Å²) in [6.45, 7) is 3.64. The van der Waals surface area contributed by atoms with E-state index in [2.05, 4.69) is 4.98 Å². The van der Waals surface area contributed by atoms with E-state index in [1.165, 1.54) is 23.1 Å². The number of carbonyl (C=O) groups is 1. The lowest BCUT2D eigenvalue weighted by Crippen LogP contribution is -2.38. The number of aromatic amines is 1. The van der Waals surface area contributed by atoms with Gasteiger partial charge in [0.2, 0.25) is 5.56 Å². The summed E-state index contributed by atoms with van der Waals surface area (Å²) in [5.41, 5.74) is -0.122. The largest absolute Gasteiger partial charge is 0.322 e. The van der Waals surface area contributed by atoms with E-state index < -0.39 is 0 Å². The zero-order chi connectivity index (χ0) is 12.1. The van der Waals surface area contributed by atoms with Crippen molar-refractivity contribution in [2.24, 2.45) is 0 Å². The van der Waals surface area contributed by atoms with Gasteiger partial charge < -0.3 is 9.88 Å². The first-order valence-electron chi connectivity index (χ1n) is 4.93. The van der Waals surface area contributed by atoms with Gasteiger partial charge in [0.25, 0.3) is 5.91 Å². The molecular formula is C11H13N3O2. The molecule has 0 aliphatic rings. The van der Waals surface area contributed by atoms with Gasteiger partial charge >= 0.3 is 0 Å². The van der Waals surface area contributed by atoms with Crippen LogP contribution in [0.25, 0.3) is 0 Å². The second-order valence-electron chi connectivity index (χ2n) is 3.61. The molecule has 0 unspecified atom stereocenters. The first-order valence-corrected chi connectivity index (χ1v) is 4.93. The van der Waals surface area contributed by atoms with Gasteiger partial charge in [-0.3, -0.25) is 9.59 Å². The molecule has 1 rings (SSSR count). The maximum Gasteiger partial charge on any atom is 0.271 e. The van der Waals surface area contributed by atoms with E-state index in [0.717, 1.165) is 0 Å². The first-order chi connectivity index (χ1) is 7.56. The van der Waals surface area contributed by atoms with Crippen LogP contribution in [0, 0.1) is 11.3 Å². The van der Waals surface area contributed by atoms with Gasteiger partial charge in [-0.25, -0.2) is 0 Å². The number of nitrogens with one attached hydrogen (secondary N) is 1. The number of amides is 1. The zero-order valence-corrected chi connectivity index (χ0v) is 9.23. The summed E-state index contributed by atoms with van der Waals surface area (Å²) in [7, 11) is 0. The van der Waals surface area contributed by atoms with Gasteiger partial charge in [-0.2, -0.15) is 5.26 Å². The third-order valence-electron chi connectivity index (χ3n) is 2.12. The predicted octanol–water partition coefficient (Wildman–Crippen LogP) is 0.749. The molecule has 0 saturated heterocycles. The summed E-state index contributed by atoms with van der Waals surface area (Å²) < 4.78 is 0. The summed E-state index contributed by atoms with van der Waals surface area (Å²) in [5.74, 6) is -0.339. The molecule has 1 aromatic rings. The Labute approximate surface area is 93.3 Å². The number of carbonyl (C=O) groups excluding carboxylic acids is 1. The SMILES string of the molecule is CC(C)N(CC#N)C(=O)c1cccc(=O)[nH]1. The van der Waals surface area contributed by atoms with Crippen molar-refractivity contribution in [1.82, 2.24) is 9.88 Å². The maximum atomic E-state index is 11.9. The van der Waals surface area contributed by atoms with Crippen LogP contribution in [0.4, 0.5) is 0 Å². The highest BCUT2D eigenvalue weighted by molar-refractivity contribution is 5.92. The lowest BCUT2D eigenvalue weighted by molar-refractivity contribution is 0.0725. The molecule has 84 valence electrons. The van der Waals surface area contributed by atoms with E-state index in [-0.39, 0.29) is 29.7 Å². The molecule has 0 aliphatic heterocycles. The molecule has 5 heteroatoms. The van der Waals surface area contributed by atoms with Gasteiger partial charge in [0.1, 0.15) is 12.2 Å². The second-order valence-corrected chi connectivity index (χ2v) is 3.61. The van der Waals surface area contributed by atoms with Gasteiger partial charge in [-0.05, 0) is 19.9 Å². The van der Waals surface area contributed by atoms with Crippen LogP contribution in [-0.2, 0) is 0 Å². The Hall–Kier alpha value is -2.09. The van der Waals surface area contributed by atoms with E-state index in [1.807, 2.05) is 19.9 Å². The molecule has 0 radical (unpaired) electrons. The van der Waals surface area contributed by atoms with E-state index >= 15 is 0 Å². The van der Waals surface area contributed by atoms with Crippen molar-refractivity contribution < 1.29 is 4.79 Å². The van der Waals surface area contributed by atoms with Crippen LogP contribution in [0.5, 0.6) is 0 Å². The molecular weight excluding hydrogens is 206 g/mol. The molecule has 16 heavy (non-hydrogen) atoms. The second kappa shape index (κ2) is 5.12. The number of H-pyrrole nitrogens is 1. The Morgan fingerprint density at radius 3 is 2.75 bits per heavy atom. The first kappa shape index (κ1) is 12.0. The normalized spacial score (nSPS) is 9.88. The van der Waals surface area contributed by atoms with Crippen molar-refractivity contribution in [3.05, 3.63) is 34.2 Å². The third-order valence-corrected chi connectivity index (χ3v) is 2.12. The number of hydrogen-bond donors (Lipinski definition) is 1. The summed E-state index contributed by atoms with van der Waals surface area (Å²) in [4.78, 5) is 26.8. The average Bonchev–Trinajstić information content (AvgIpc) is 2.24. The molecule has 0 aliphatic carbocycles. The predicted molar refractivity (Wildman–Crippen MR) is 58.8 cm³/mol. The smallest absolute Gasteiger partial charge is 0.271 e. The fourth-order valence-corrected chi connectivity index (χ4v) is 1.29. The highest BCUT2D eigenvalue weighted by Gasteiger charge is 2.18. The minimum absolute atomic E-state index is 0.00737. The number of rotatable bonds is 3. The Morgan fingerprint density at radius 1 is 1.56 bits per heavy atom. The highest BCUT2D eigenvalue weighted by Crippen LogP contribution is 2.04. The minimum atomic E-state index is -0.339. The van der Waals surface area contributed by atoms with Gasteiger partial charge in [0, 0.05) is 12.1 Å². The van der Waals surface area contributed by atoms with Crippen molar-refractivity contribution in [2.75, 3.05) is 6.54 Å². The fourth-order valence-electron chi connectivity index (χ4n) is 1.29. The maximum absolute atomic E-state index is 11.9. The van der Waals surface area contributed by atoms with E-state index in [4.69, 9.17) is 5.26 Å². The van der Waals surface area contributed by atoms with Crippen LogP contribution < -0.4 is 5.56 Å². The van der Waals surface area contributed by atoms with Gasteiger partial charge in [-0.15, -0.1) is 0 Å². The third kappa shape index (κ3) is 2.70. The number of hydrogen-bond acceptors (Lipinski definition) is 3. The summed E-state index contributed by atoms with van der Waals surface area (Å²) in [6.07, 6.45) is 0. The van der Waals surface area contributed by atoms with Crippen LogP contribution >= 0.6 is 0 Å². The van der Waals surface area contributed by atoms with E-state index in [0.29, 0.717) is 0 Å². The van der Waals surface area contributed by atoms with Crippen molar-refractivity contribution >= 4 is 5.91 Å². The highest BCUT2D eigenvalue weighted by atomic mass is 16.2. The summed E-state index contributed by atoms with van der Waals surface area (Å²) >= 11 is 0. The minimum Gasteiger partial charge on any atom is -0.322 e. The van der Waals surface area contributed by atoms with Crippen molar-refractivity contribution in [2.45, 2.75) is 19.9 Å². The molecule has 0 aromatic carbocycles. The van der Waals surface area contributed by atoms with Crippen LogP contribution in [-0.4, -0.2) is 28.4 Å². The molecule has 0 saturated carbocycles. The molecule has 5 nitrogen and oxygen atoms in total. The molecule has 1 heterocycles. The standard InChI is InChI=1S/C11H13N3O2/c1-8(2)14(7-6-12)11(16)9-4-3-5-10(15)13-9/h3-5,8H,7H2,1-2H3,(H,13,15). The Balaban J connectivity index is 3.00. The molecule has 0 fully saturated rings. The van der Waals surface area contributed by atoms with Crippen molar-refractivity contribution in [3.63, 3.8) is 0 Å². The lowest BCUT2D eigenvalue weighted by atomic mass is 10.2. The molecule has 1 N–H and O–H groups in total. The lowest BCUT2D eigenvalue weighted by Gasteiger charge is -2.23. The topological polar surface area (TPSA) is 77.0 Å². The Bertz CT molecular complexity index is 471. The fraction of sp³-hybridized carbons (Fsp3) is 0.364. The quantitative estimate of drug-likeness (QED) is 0.762. The Morgan fingerprint density at radius 2 is 2.25 bits per heavy atom. The van der Waals surface area contributed by atoms with Crippen LogP contribution in [0.3, 0.4) is 0 Å². The zero-order valence-electron chi connectivity index (χ0n) is 9.23. The van der Waals surface area contributed by atoms with Crippen molar-refractivity contribution in [1.29, 1.82) is 5.26 Å². The average molecular weight is 219 g/mol. The van der Waals surface area contributed by atoms with E-state index in [9.17, 15) is 9.59 Å². The Kier molecular flexibility index (Phi) is 3.84. The molecule has 0 bridgehead atoms. The number of nitriles is 1. The molecule has 0 spiro atoms. The van der Waals surface area contributed by atoms with E-state index in [1.54, 1.807) is 0 Å². The monoisotopic (exact) mass is 219 g/mol. The van der Waals surface area contributed by atoms with Gasteiger partial charge in [0.15, 0.2) is 0 Å². The van der Waals surface area contributed by atoms with Crippen molar-refractivity contribution in [3.8, 4) is 6.07 Å². The number of nitrogens with zero attached hydrogens (tertiary/aromatic N) is 2. The molecule has 1 aromatic heterocycles.